The number of phenolic OH excluding ortho intramolecular Hbond substituents is 1. The van der Waals surface area contributed by atoms with E-state index >= 15 is 0 Å². The summed E-state index contributed by atoms with van der Waals surface area (Å²) in [6.07, 6.45) is 1.42. The Morgan fingerprint density at radius 1 is 1.28 bits per heavy atom. The van der Waals surface area contributed by atoms with E-state index in [2.05, 4.69) is 15.3 Å². The van der Waals surface area contributed by atoms with Gasteiger partial charge in [0.15, 0.2) is 0 Å². The number of nitrogens with zero attached hydrogens (tertiary/aromatic N) is 3. The molecule has 0 aliphatic rings. The van der Waals surface area contributed by atoms with Crippen LogP contribution in [0, 0.1) is 13.8 Å². The molecular weight excluding hydrogens is 232 g/mol. The molecule has 1 heterocycles. The van der Waals surface area contributed by atoms with E-state index in [1.54, 1.807) is 19.2 Å². The molecule has 1 aromatic carbocycles. The van der Waals surface area contributed by atoms with Crippen molar-refractivity contribution < 1.29 is 5.11 Å². The Kier molecular flexibility index (Phi) is 3.01. The lowest BCUT2D eigenvalue weighted by Crippen LogP contribution is -2.24. The lowest BCUT2D eigenvalue weighted by molar-refractivity contribution is 0.474. The average Bonchev–Trinajstić information content (AvgIpc) is 2.29. The van der Waals surface area contributed by atoms with Crippen LogP contribution < -0.4 is 11.0 Å². The van der Waals surface area contributed by atoms with Crippen LogP contribution in [0.5, 0.6) is 5.75 Å². The maximum Gasteiger partial charge on any atom is 0.356 e. The molecule has 0 bridgehead atoms. The van der Waals surface area contributed by atoms with Gasteiger partial charge in [0.1, 0.15) is 12.1 Å². The summed E-state index contributed by atoms with van der Waals surface area (Å²) in [6.45, 7) is 3.64. The van der Waals surface area contributed by atoms with E-state index < -0.39 is 5.69 Å². The van der Waals surface area contributed by atoms with Crippen LogP contribution in [-0.4, -0.2) is 26.7 Å². The highest BCUT2D eigenvalue weighted by atomic mass is 16.3. The van der Waals surface area contributed by atoms with E-state index in [0.717, 1.165) is 11.1 Å². The van der Waals surface area contributed by atoms with E-state index in [1.165, 1.54) is 10.9 Å². The molecule has 2 rings (SSSR count). The van der Waals surface area contributed by atoms with E-state index in [9.17, 15) is 9.90 Å². The maximum absolute atomic E-state index is 11.9. The number of aromatic hydroxyl groups is 1. The minimum absolute atomic E-state index is 0.176. The molecule has 0 fully saturated rings. The van der Waals surface area contributed by atoms with Crippen LogP contribution in [0.15, 0.2) is 23.3 Å². The van der Waals surface area contributed by atoms with Gasteiger partial charge in [-0.15, -0.1) is 0 Å². The third-order valence-electron chi connectivity index (χ3n) is 2.64. The Morgan fingerprint density at radius 3 is 2.39 bits per heavy atom. The summed E-state index contributed by atoms with van der Waals surface area (Å²) in [5, 5.41) is 12.2. The zero-order chi connectivity index (χ0) is 13.3. The smallest absolute Gasteiger partial charge is 0.356 e. The van der Waals surface area contributed by atoms with Gasteiger partial charge in [0, 0.05) is 7.05 Å². The van der Waals surface area contributed by atoms with Gasteiger partial charge in [-0.25, -0.2) is 9.78 Å². The normalized spacial score (nSPS) is 10.4. The van der Waals surface area contributed by atoms with Crippen molar-refractivity contribution >= 4 is 5.95 Å². The van der Waals surface area contributed by atoms with E-state index in [4.69, 9.17) is 0 Å². The summed E-state index contributed by atoms with van der Waals surface area (Å²) in [4.78, 5) is 19.7. The van der Waals surface area contributed by atoms with Crippen LogP contribution in [-0.2, 0) is 0 Å². The summed E-state index contributed by atoms with van der Waals surface area (Å²) in [5.74, 6) is 0.458. The highest BCUT2D eigenvalue weighted by Gasteiger charge is 2.10. The molecule has 2 aromatic rings. The Morgan fingerprint density at radius 2 is 1.89 bits per heavy atom. The van der Waals surface area contributed by atoms with Crippen molar-refractivity contribution in [2.45, 2.75) is 13.8 Å². The highest BCUT2D eigenvalue weighted by molar-refractivity contribution is 5.50. The van der Waals surface area contributed by atoms with Gasteiger partial charge in [-0.2, -0.15) is 4.98 Å². The first-order valence-corrected chi connectivity index (χ1v) is 5.47. The maximum atomic E-state index is 11.9. The lowest BCUT2D eigenvalue weighted by atomic mass is 10.1. The number of hydrogen-bond donors (Lipinski definition) is 2. The van der Waals surface area contributed by atoms with Gasteiger partial charge in [0.2, 0.25) is 5.95 Å². The highest BCUT2D eigenvalue weighted by Crippen LogP contribution is 2.22. The zero-order valence-electron chi connectivity index (χ0n) is 10.4. The van der Waals surface area contributed by atoms with Crippen LogP contribution in [0.1, 0.15) is 11.1 Å². The van der Waals surface area contributed by atoms with Crippen molar-refractivity contribution in [3.05, 3.63) is 40.1 Å². The second kappa shape index (κ2) is 4.48. The molecule has 6 nitrogen and oxygen atoms in total. The third-order valence-corrected chi connectivity index (χ3v) is 2.64. The number of anilines is 1. The molecule has 0 atom stereocenters. The Hall–Kier alpha value is -2.37. The molecule has 0 saturated heterocycles. The predicted octanol–water partition coefficient (Wildman–Crippen LogP) is 0.992. The van der Waals surface area contributed by atoms with Gasteiger partial charge in [-0.3, -0.25) is 4.57 Å². The van der Waals surface area contributed by atoms with Gasteiger partial charge in [-0.05, 0) is 37.1 Å². The van der Waals surface area contributed by atoms with Crippen molar-refractivity contribution in [1.29, 1.82) is 0 Å². The molecular formula is C12H14N4O2. The minimum atomic E-state index is -0.411. The monoisotopic (exact) mass is 246 g/mol. The first-order chi connectivity index (χ1) is 8.52. The molecule has 0 aliphatic heterocycles. The molecule has 6 heteroatoms. The van der Waals surface area contributed by atoms with Crippen molar-refractivity contribution in [3.8, 4) is 11.4 Å². The molecule has 2 N–H and O–H groups in total. The molecule has 0 radical (unpaired) electrons. The summed E-state index contributed by atoms with van der Waals surface area (Å²) >= 11 is 0. The Balaban J connectivity index is 2.66. The van der Waals surface area contributed by atoms with Crippen LogP contribution in [0.25, 0.3) is 5.69 Å². The second-order valence-electron chi connectivity index (χ2n) is 4.01. The molecule has 0 unspecified atom stereocenters. The molecule has 0 aliphatic carbocycles. The number of benzene rings is 1. The molecule has 0 amide bonds. The fourth-order valence-corrected chi connectivity index (χ4v) is 1.92. The summed E-state index contributed by atoms with van der Waals surface area (Å²) in [6, 6.07) is 3.20. The van der Waals surface area contributed by atoms with Crippen LogP contribution in [0.4, 0.5) is 5.95 Å². The molecule has 94 valence electrons. The van der Waals surface area contributed by atoms with Gasteiger partial charge in [0.25, 0.3) is 0 Å². The van der Waals surface area contributed by atoms with Crippen molar-refractivity contribution in [1.82, 2.24) is 14.5 Å². The summed E-state index contributed by atoms with van der Waals surface area (Å²) < 4.78 is 1.37. The average molecular weight is 246 g/mol. The van der Waals surface area contributed by atoms with Gasteiger partial charge in [-0.1, -0.05) is 0 Å². The SMILES string of the molecule is CNc1ncn(-c2c(C)cc(O)cc2C)c(=O)n1. The molecule has 0 spiro atoms. The number of phenols is 1. The van der Waals surface area contributed by atoms with Gasteiger partial charge >= 0.3 is 5.69 Å². The van der Waals surface area contributed by atoms with Crippen molar-refractivity contribution in [2.24, 2.45) is 0 Å². The van der Waals surface area contributed by atoms with E-state index in [-0.39, 0.29) is 11.7 Å². The molecule has 18 heavy (non-hydrogen) atoms. The fourth-order valence-electron chi connectivity index (χ4n) is 1.92. The summed E-state index contributed by atoms with van der Waals surface area (Å²) in [5.41, 5.74) is 1.86. The number of aryl methyl sites for hydroxylation is 2. The molecule has 0 saturated carbocycles. The lowest BCUT2D eigenvalue weighted by Gasteiger charge is -2.12. The third kappa shape index (κ3) is 2.04. The topological polar surface area (TPSA) is 80.0 Å². The predicted molar refractivity (Wildman–Crippen MR) is 68.3 cm³/mol. The van der Waals surface area contributed by atoms with E-state index in [1.807, 2.05) is 13.8 Å². The largest absolute Gasteiger partial charge is 0.508 e. The van der Waals surface area contributed by atoms with Crippen molar-refractivity contribution in [2.75, 3.05) is 12.4 Å². The Labute approximate surface area is 104 Å². The quantitative estimate of drug-likeness (QED) is 0.826. The standard InChI is InChI=1S/C12H14N4O2/c1-7-4-9(17)5-8(2)10(7)16-6-14-11(13-3)15-12(16)18/h4-6,17H,1-3H3,(H,13,15,18). The zero-order valence-corrected chi connectivity index (χ0v) is 10.4. The number of rotatable bonds is 2. The number of hydrogen-bond acceptors (Lipinski definition) is 5. The van der Waals surface area contributed by atoms with Crippen molar-refractivity contribution in [3.63, 3.8) is 0 Å². The van der Waals surface area contributed by atoms with Gasteiger partial charge in [0.05, 0.1) is 5.69 Å². The number of aromatic nitrogens is 3. The van der Waals surface area contributed by atoms with E-state index in [0.29, 0.717) is 5.69 Å². The first-order valence-electron chi connectivity index (χ1n) is 5.47. The van der Waals surface area contributed by atoms with Crippen LogP contribution in [0.3, 0.4) is 0 Å². The number of nitrogens with one attached hydrogen (secondary N) is 1. The van der Waals surface area contributed by atoms with Crippen LogP contribution >= 0.6 is 0 Å². The fraction of sp³-hybridized carbons (Fsp3) is 0.250. The second-order valence-corrected chi connectivity index (χ2v) is 4.01. The molecule has 1 aromatic heterocycles. The summed E-state index contributed by atoms with van der Waals surface area (Å²) in [7, 11) is 1.65. The van der Waals surface area contributed by atoms with Crippen LogP contribution in [0.2, 0.25) is 0 Å². The Bertz CT molecular complexity index is 626. The minimum Gasteiger partial charge on any atom is -0.508 e. The first kappa shape index (κ1) is 12.1. The van der Waals surface area contributed by atoms with Gasteiger partial charge < -0.3 is 10.4 Å².